The summed E-state index contributed by atoms with van der Waals surface area (Å²) in [6, 6.07) is 16.2. The predicted molar refractivity (Wildman–Crippen MR) is 75.1 cm³/mol. The van der Waals surface area contributed by atoms with Crippen LogP contribution in [0.1, 0.15) is 11.1 Å². The van der Waals surface area contributed by atoms with Gasteiger partial charge in [0.05, 0.1) is 12.5 Å². The molecule has 1 heterocycles. The fourth-order valence-electron chi connectivity index (χ4n) is 2.26. The van der Waals surface area contributed by atoms with Gasteiger partial charge in [0.1, 0.15) is 5.78 Å². The first-order chi connectivity index (χ1) is 9.31. The topological polar surface area (TPSA) is 30.2 Å². The number of carbonyl (C=O) groups is 1. The molecule has 0 saturated heterocycles. The van der Waals surface area contributed by atoms with Crippen molar-refractivity contribution < 1.29 is 9.21 Å². The van der Waals surface area contributed by atoms with Crippen LogP contribution in [0, 0.1) is 0 Å². The smallest absolute Gasteiger partial charge is 0.141 e. The Hall–Kier alpha value is -2.35. The van der Waals surface area contributed by atoms with Crippen LogP contribution in [0.15, 0.2) is 65.5 Å². The zero-order valence-corrected chi connectivity index (χ0v) is 10.5. The van der Waals surface area contributed by atoms with E-state index in [2.05, 4.69) is 24.3 Å². The molecule has 2 aromatic carbocycles. The molecule has 0 radical (unpaired) electrons. The number of ketones is 1. The monoisotopic (exact) mass is 250 g/mol. The van der Waals surface area contributed by atoms with E-state index in [9.17, 15) is 4.79 Å². The standard InChI is InChI=1S/C17H14O2/c18-17(11-14-7-8-19-12-14)10-13-5-6-15-3-1-2-4-16(15)9-13/h1-9,12H,10-11H2. The average Bonchev–Trinajstić information content (AvgIpc) is 2.91. The van der Waals surface area contributed by atoms with Crippen LogP contribution in [0.25, 0.3) is 10.8 Å². The van der Waals surface area contributed by atoms with Crippen LogP contribution >= 0.6 is 0 Å². The Morgan fingerprint density at radius 1 is 0.895 bits per heavy atom. The van der Waals surface area contributed by atoms with Gasteiger partial charge in [-0.05, 0) is 28.0 Å². The third-order valence-corrected chi connectivity index (χ3v) is 3.20. The second-order valence-corrected chi connectivity index (χ2v) is 4.71. The normalized spacial score (nSPS) is 10.7. The molecule has 0 aliphatic heterocycles. The highest BCUT2D eigenvalue weighted by molar-refractivity contribution is 5.86. The summed E-state index contributed by atoms with van der Waals surface area (Å²) < 4.78 is 4.97. The van der Waals surface area contributed by atoms with Crippen molar-refractivity contribution in [2.75, 3.05) is 0 Å². The summed E-state index contributed by atoms with van der Waals surface area (Å²) in [7, 11) is 0. The molecule has 2 heteroatoms. The summed E-state index contributed by atoms with van der Waals surface area (Å²) in [5, 5.41) is 2.38. The molecule has 0 aliphatic rings. The predicted octanol–water partition coefficient (Wildman–Crippen LogP) is 3.79. The van der Waals surface area contributed by atoms with Crippen LogP contribution in [-0.2, 0) is 17.6 Å². The van der Waals surface area contributed by atoms with Crippen molar-refractivity contribution in [2.24, 2.45) is 0 Å². The largest absolute Gasteiger partial charge is 0.472 e. The van der Waals surface area contributed by atoms with Gasteiger partial charge in [0.25, 0.3) is 0 Å². The van der Waals surface area contributed by atoms with Gasteiger partial charge in [-0.25, -0.2) is 0 Å². The quantitative estimate of drug-likeness (QED) is 0.705. The third-order valence-electron chi connectivity index (χ3n) is 3.20. The lowest BCUT2D eigenvalue weighted by atomic mass is 10.0. The van der Waals surface area contributed by atoms with Crippen molar-refractivity contribution in [1.82, 2.24) is 0 Å². The van der Waals surface area contributed by atoms with Crippen molar-refractivity contribution in [3.63, 3.8) is 0 Å². The lowest BCUT2D eigenvalue weighted by Gasteiger charge is -2.03. The zero-order valence-electron chi connectivity index (χ0n) is 10.5. The molecule has 0 amide bonds. The lowest BCUT2D eigenvalue weighted by molar-refractivity contribution is -0.117. The number of Topliss-reactive ketones (excluding diaryl/α,β-unsaturated/α-hetero) is 1. The minimum absolute atomic E-state index is 0.205. The first-order valence-corrected chi connectivity index (χ1v) is 6.32. The zero-order chi connectivity index (χ0) is 13.1. The highest BCUT2D eigenvalue weighted by atomic mass is 16.3. The number of carbonyl (C=O) groups excluding carboxylic acids is 1. The van der Waals surface area contributed by atoms with Crippen LogP contribution < -0.4 is 0 Å². The molecule has 1 aromatic heterocycles. The Balaban J connectivity index is 1.75. The summed E-state index contributed by atoms with van der Waals surface area (Å²) in [6.45, 7) is 0. The maximum Gasteiger partial charge on any atom is 0.141 e. The second-order valence-electron chi connectivity index (χ2n) is 4.71. The number of hydrogen-bond donors (Lipinski definition) is 0. The SMILES string of the molecule is O=C(Cc1ccoc1)Cc1ccc2ccccc2c1. The van der Waals surface area contributed by atoms with Gasteiger partial charge in [-0.2, -0.15) is 0 Å². The molecule has 0 atom stereocenters. The number of furan rings is 1. The molecule has 0 spiro atoms. The summed E-state index contributed by atoms with van der Waals surface area (Å²) in [5.41, 5.74) is 2.00. The molecule has 0 saturated carbocycles. The van der Waals surface area contributed by atoms with E-state index >= 15 is 0 Å². The van der Waals surface area contributed by atoms with Crippen molar-refractivity contribution >= 4 is 16.6 Å². The van der Waals surface area contributed by atoms with Crippen LogP contribution in [0.4, 0.5) is 0 Å². The van der Waals surface area contributed by atoms with Gasteiger partial charge < -0.3 is 4.42 Å². The number of hydrogen-bond acceptors (Lipinski definition) is 2. The van der Waals surface area contributed by atoms with Gasteiger partial charge in [-0.3, -0.25) is 4.79 Å². The summed E-state index contributed by atoms with van der Waals surface area (Å²) >= 11 is 0. The fraction of sp³-hybridized carbons (Fsp3) is 0.118. The molecule has 0 N–H and O–H groups in total. The van der Waals surface area contributed by atoms with E-state index in [1.54, 1.807) is 12.5 Å². The third kappa shape index (κ3) is 2.74. The Kier molecular flexibility index (Phi) is 3.15. The molecule has 0 unspecified atom stereocenters. The number of fused-ring (bicyclic) bond motifs is 1. The Labute approximate surface area is 111 Å². The molecule has 19 heavy (non-hydrogen) atoms. The molecule has 0 aliphatic carbocycles. The van der Waals surface area contributed by atoms with E-state index < -0.39 is 0 Å². The molecule has 94 valence electrons. The van der Waals surface area contributed by atoms with E-state index in [0.717, 1.165) is 11.1 Å². The summed E-state index contributed by atoms with van der Waals surface area (Å²) in [6.07, 6.45) is 4.12. The van der Waals surface area contributed by atoms with Crippen molar-refractivity contribution in [3.05, 3.63) is 72.2 Å². The maximum absolute atomic E-state index is 12.0. The van der Waals surface area contributed by atoms with Gasteiger partial charge in [-0.15, -0.1) is 0 Å². The van der Waals surface area contributed by atoms with Crippen molar-refractivity contribution in [3.8, 4) is 0 Å². The van der Waals surface area contributed by atoms with Crippen LogP contribution in [0.2, 0.25) is 0 Å². The number of rotatable bonds is 4. The van der Waals surface area contributed by atoms with Crippen LogP contribution in [0.3, 0.4) is 0 Å². The van der Waals surface area contributed by atoms with Gasteiger partial charge >= 0.3 is 0 Å². The molecule has 2 nitrogen and oxygen atoms in total. The molecule has 0 fully saturated rings. The molecular formula is C17H14O2. The van der Waals surface area contributed by atoms with Gasteiger partial charge in [0, 0.05) is 12.8 Å². The second kappa shape index (κ2) is 5.11. The highest BCUT2D eigenvalue weighted by Gasteiger charge is 2.06. The maximum atomic E-state index is 12.0. The van der Waals surface area contributed by atoms with E-state index in [0.29, 0.717) is 12.8 Å². The molecule has 3 aromatic rings. The fourth-order valence-corrected chi connectivity index (χ4v) is 2.26. The average molecular weight is 250 g/mol. The Morgan fingerprint density at radius 2 is 1.68 bits per heavy atom. The van der Waals surface area contributed by atoms with Gasteiger partial charge in [-0.1, -0.05) is 42.5 Å². The first-order valence-electron chi connectivity index (χ1n) is 6.32. The lowest BCUT2D eigenvalue weighted by Crippen LogP contribution is -2.05. The number of benzene rings is 2. The first kappa shape index (κ1) is 11.7. The van der Waals surface area contributed by atoms with E-state index in [4.69, 9.17) is 4.42 Å². The van der Waals surface area contributed by atoms with E-state index in [1.165, 1.54) is 10.8 Å². The summed E-state index contributed by atoms with van der Waals surface area (Å²) in [4.78, 5) is 12.0. The summed E-state index contributed by atoms with van der Waals surface area (Å²) in [5.74, 6) is 0.205. The molecule has 0 bridgehead atoms. The van der Waals surface area contributed by atoms with Crippen LogP contribution in [-0.4, -0.2) is 5.78 Å². The van der Waals surface area contributed by atoms with Crippen LogP contribution in [0.5, 0.6) is 0 Å². The molecule has 3 rings (SSSR count). The van der Waals surface area contributed by atoms with E-state index in [-0.39, 0.29) is 5.78 Å². The van der Waals surface area contributed by atoms with Crippen molar-refractivity contribution in [1.29, 1.82) is 0 Å². The minimum Gasteiger partial charge on any atom is -0.472 e. The Morgan fingerprint density at radius 3 is 2.47 bits per heavy atom. The van der Waals surface area contributed by atoms with Gasteiger partial charge in [0.15, 0.2) is 0 Å². The minimum atomic E-state index is 0.205. The van der Waals surface area contributed by atoms with Crippen molar-refractivity contribution in [2.45, 2.75) is 12.8 Å². The Bertz CT molecular complexity index is 696. The highest BCUT2D eigenvalue weighted by Crippen LogP contribution is 2.16. The molecular weight excluding hydrogens is 236 g/mol. The van der Waals surface area contributed by atoms with E-state index in [1.807, 2.05) is 24.3 Å². The van der Waals surface area contributed by atoms with Gasteiger partial charge in [0.2, 0.25) is 0 Å².